The Bertz CT molecular complexity index is 383. The third kappa shape index (κ3) is 3.48. The van der Waals surface area contributed by atoms with Crippen LogP contribution >= 0.6 is 0 Å². The first-order chi connectivity index (χ1) is 8.10. The molecule has 0 radical (unpaired) electrons. The van der Waals surface area contributed by atoms with E-state index >= 15 is 0 Å². The third-order valence-electron chi connectivity index (χ3n) is 2.30. The fourth-order valence-corrected chi connectivity index (χ4v) is 1.39. The molecule has 1 aromatic heterocycles. The first kappa shape index (κ1) is 13.6. The highest BCUT2D eigenvalue weighted by atomic mass is 16.5. The number of pyridine rings is 1. The molecule has 1 rings (SSSR count). The Morgan fingerprint density at radius 2 is 2.29 bits per heavy atom. The fraction of sp³-hybridized carbons (Fsp3) is 0.455. The maximum Gasteiger partial charge on any atom is 0.356 e. The number of likely N-dealkylation sites (N-methyl/N-ethyl adjacent to an activating group) is 1. The van der Waals surface area contributed by atoms with Crippen molar-refractivity contribution in [3.63, 3.8) is 0 Å². The van der Waals surface area contributed by atoms with E-state index in [4.69, 9.17) is 0 Å². The number of rotatable bonds is 5. The summed E-state index contributed by atoms with van der Waals surface area (Å²) < 4.78 is 4.52. The van der Waals surface area contributed by atoms with Gasteiger partial charge in [-0.25, -0.2) is 9.78 Å². The van der Waals surface area contributed by atoms with Gasteiger partial charge in [0, 0.05) is 12.7 Å². The summed E-state index contributed by atoms with van der Waals surface area (Å²) in [5.41, 5.74) is 0.517. The topological polar surface area (TPSA) is 91.7 Å². The molecular formula is C11H16N2O4. The number of carbonyl (C=O) groups excluding carboxylic acids is 1. The Labute approximate surface area is 99.3 Å². The van der Waals surface area contributed by atoms with E-state index in [0.29, 0.717) is 5.56 Å². The Kier molecular flexibility index (Phi) is 5.02. The normalized spacial score (nSPS) is 14.1. The lowest BCUT2D eigenvalue weighted by atomic mass is 10.0. The van der Waals surface area contributed by atoms with Crippen LogP contribution in [0.5, 0.6) is 0 Å². The number of esters is 1. The molecule has 17 heavy (non-hydrogen) atoms. The van der Waals surface area contributed by atoms with Gasteiger partial charge in [-0.15, -0.1) is 0 Å². The van der Waals surface area contributed by atoms with E-state index in [2.05, 4.69) is 15.0 Å². The molecule has 0 spiro atoms. The number of methoxy groups -OCH3 is 1. The Morgan fingerprint density at radius 1 is 1.59 bits per heavy atom. The summed E-state index contributed by atoms with van der Waals surface area (Å²) in [6, 6.07) is 2.94. The van der Waals surface area contributed by atoms with Crippen LogP contribution in [0.3, 0.4) is 0 Å². The molecule has 0 amide bonds. The van der Waals surface area contributed by atoms with Crippen molar-refractivity contribution in [3.05, 3.63) is 29.6 Å². The van der Waals surface area contributed by atoms with Crippen molar-refractivity contribution in [3.8, 4) is 0 Å². The first-order valence-electron chi connectivity index (χ1n) is 5.15. The Morgan fingerprint density at radius 3 is 2.88 bits per heavy atom. The van der Waals surface area contributed by atoms with Crippen LogP contribution < -0.4 is 5.32 Å². The second-order valence-corrected chi connectivity index (χ2v) is 3.54. The molecule has 0 aromatic carbocycles. The summed E-state index contributed by atoms with van der Waals surface area (Å²) in [6.07, 6.45) is -0.640. The van der Waals surface area contributed by atoms with Crippen molar-refractivity contribution in [2.75, 3.05) is 20.7 Å². The van der Waals surface area contributed by atoms with Crippen LogP contribution in [0.25, 0.3) is 0 Å². The van der Waals surface area contributed by atoms with Gasteiger partial charge in [0.15, 0.2) is 0 Å². The van der Waals surface area contributed by atoms with Crippen molar-refractivity contribution in [1.82, 2.24) is 10.3 Å². The number of nitrogens with zero attached hydrogens (tertiary/aromatic N) is 1. The molecule has 3 N–H and O–H groups in total. The minimum Gasteiger partial charge on any atom is -0.464 e. The standard InChI is InChI=1S/C11H16N2O4/c1-12-6-9(14)10(15)7-3-4-13-8(5-7)11(16)17-2/h3-5,9-10,12,14-15H,6H2,1-2H3. The quantitative estimate of drug-likeness (QED) is 0.600. The van der Waals surface area contributed by atoms with Crippen LogP contribution in [-0.4, -0.2) is 48.0 Å². The van der Waals surface area contributed by atoms with Crippen LogP contribution in [0, 0.1) is 0 Å². The summed E-state index contributed by atoms with van der Waals surface area (Å²) in [4.78, 5) is 15.1. The maximum atomic E-state index is 11.2. The van der Waals surface area contributed by atoms with Gasteiger partial charge in [0.2, 0.25) is 0 Å². The highest BCUT2D eigenvalue weighted by Gasteiger charge is 2.19. The number of aliphatic hydroxyl groups is 2. The number of aliphatic hydroxyl groups excluding tert-OH is 2. The molecule has 0 aliphatic heterocycles. The summed E-state index contributed by atoms with van der Waals surface area (Å²) in [5.74, 6) is -0.581. The van der Waals surface area contributed by atoms with E-state index in [1.807, 2.05) is 0 Å². The van der Waals surface area contributed by atoms with Crippen molar-refractivity contribution < 1.29 is 19.7 Å². The largest absolute Gasteiger partial charge is 0.464 e. The van der Waals surface area contributed by atoms with Crippen molar-refractivity contribution in [1.29, 1.82) is 0 Å². The molecule has 1 heterocycles. The van der Waals surface area contributed by atoms with Crippen LogP contribution in [0.15, 0.2) is 18.3 Å². The van der Waals surface area contributed by atoms with E-state index in [-0.39, 0.29) is 12.2 Å². The van der Waals surface area contributed by atoms with Gasteiger partial charge in [-0.1, -0.05) is 0 Å². The van der Waals surface area contributed by atoms with Crippen molar-refractivity contribution in [2.45, 2.75) is 12.2 Å². The van der Waals surface area contributed by atoms with Gasteiger partial charge in [0.05, 0.1) is 13.2 Å². The Balaban J connectivity index is 2.87. The van der Waals surface area contributed by atoms with Crippen LogP contribution in [-0.2, 0) is 4.74 Å². The van der Waals surface area contributed by atoms with Gasteiger partial charge in [0.1, 0.15) is 11.8 Å². The third-order valence-corrected chi connectivity index (χ3v) is 2.30. The monoisotopic (exact) mass is 240 g/mol. The molecule has 0 saturated carbocycles. The zero-order valence-electron chi connectivity index (χ0n) is 9.75. The molecule has 94 valence electrons. The van der Waals surface area contributed by atoms with E-state index in [1.54, 1.807) is 7.05 Å². The van der Waals surface area contributed by atoms with Crippen molar-refractivity contribution in [2.24, 2.45) is 0 Å². The highest BCUT2D eigenvalue weighted by Crippen LogP contribution is 2.17. The van der Waals surface area contributed by atoms with Gasteiger partial charge in [-0.3, -0.25) is 0 Å². The predicted octanol–water partition coefficient (Wildman–Crippen LogP) is -0.518. The molecule has 0 aliphatic carbocycles. The summed E-state index contributed by atoms with van der Waals surface area (Å²) in [6.45, 7) is 0.247. The van der Waals surface area contributed by atoms with Gasteiger partial charge in [-0.2, -0.15) is 0 Å². The zero-order chi connectivity index (χ0) is 12.8. The number of carbonyl (C=O) groups is 1. The van der Waals surface area contributed by atoms with E-state index in [1.165, 1.54) is 25.4 Å². The number of hydrogen-bond donors (Lipinski definition) is 3. The molecule has 6 nitrogen and oxygen atoms in total. The van der Waals surface area contributed by atoms with E-state index in [0.717, 1.165) is 0 Å². The van der Waals surface area contributed by atoms with Crippen molar-refractivity contribution >= 4 is 5.97 Å². The van der Waals surface area contributed by atoms with Gasteiger partial charge < -0.3 is 20.3 Å². The number of nitrogens with one attached hydrogen (secondary N) is 1. The minimum atomic E-state index is -1.08. The van der Waals surface area contributed by atoms with Gasteiger partial charge >= 0.3 is 5.97 Å². The van der Waals surface area contributed by atoms with Gasteiger partial charge in [0.25, 0.3) is 0 Å². The smallest absolute Gasteiger partial charge is 0.356 e. The number of hydrogen-bond acceptors (Lipinski definition) is 6. The lowest BCUT2D eigenvalue weighted by molar-refractivity contribution is 0.0200. The molecule has 2 atom stereocenters. The molecule has 2 unspecified atom stereocenters. The molecule has 0 bridgehead atoms. The second kappa shape index (κ2) is 6.29. The summed E-state index contributed by atoms with van der Waals surface area (Å²) in [5, 5.41) is 22.2. The minimum absolute atomic E-state index is 0.0979. The SMILES string of the molecule is CNCC(O)C(O)c1ccnc(C(=O)OC)c1. The zero-order valence-corrected chi connectivity index (χ0v) is 9.75. The molecule has 0 saturated heterocycles. The molecule has 0 fully saturated rings. The van der Waals surface area contributed by atoms with Crippen LogP contribution in [0.4, 0.5) is 0 Å². The fourth-order valence-electron chi connectivity index (χ4n) is 1.39. The average Bonchev–Trinajstić information content (AvgIpc) is 2.37. The lowest BCUT2D eigenvalue weighted by Crippen LogP contribution is -2.29. The molecule has 1 aromatic rings. The lowest BCUT2D eigenvalue weighted by Gasteiger charge is -2.17. The summed E-state index contributed by atoms with van der Waals surface area (Å²) in [7, 11) is 2.92. The summed E-state index contributed by atoms with van der Waals surface area (Å²) >= 11 is 0. The average molecular weight is 240 g/mol. The van der Waals surface area contributed by atoms with Crippen LogP contribution in [0.2, 0.25) is 0 Å². The predicted molar refractivity (Wildman–Crippen MR) is 60.5 cm³/mol. The number of ether oxygens (including phenoxy) is 1. The Hall–Kier alpha value is -1.50. The highest BCUT2D eigenvalue weighted by molar-refractivity contribution is 5.87. The molecular weight excluding hydrogens is 224 g/mol. The molecule has 6 heteroatoms. The second-order valence-electron chi connectivity index (χ2n) is 3.54. The van der Waals surface area contributed by atoms with E-state index < -0.39 is 18.2 Å². The molecule has 0 aliphatic rings. The number of aromatic nitrogens is 1. The van der Waals surface area contributed by atoms with E-state index in [9.17, 15) is 15.0 Å². The maximum absolute atomic E-state index is 11.2. The van der Waals surface area contributed by atoms with Gasteiger partial charge in [-0.05, 0) is 24.7 Å². The van der Waals surface area contributed by atoms with Crippen LogP contribution in [0.1, 0.15) is 22.2 Å². The first-order valence-corrected chi connectivity index (χ1v) is 5.15.